The number of hydrogen-bond acceptors (Lipinski definition) is 3. The van der Waals surface area contributed by atoms with Crippen molar-refractivity contribution in [2.45, 2.75) is 64.5 Å². The van der Waals surface area contributed by atoms with E-state index in [2.05, 4.69) is 10.4 Å². The maximum atomic E-state index is 12.1. The molecule has 0 aromatic carbocycles. The molecule has 0 radical (unpaired) electrons. The standard InChI is InChI=1S/C15H26N4O/c1-11-13(12(2)19(3)18-11)10-17-14(20)9-15(16)7-5-4-6-8-15/h4-10,16H2,1-3H3,(H,17,20). The second kappa shape index (κ2) is 5.95. The fraction of sp³-hybridized carbons (Fsp3) is 0.733. The molecule has 1 aliphatic rings. The first-order valence-electron chi connectivity index (χ1n) is 7.46. The fourth-order valence-corrected chi connectivity index (χ4v) is 3.08. The summed E-state index contributed by atoms with van der Waals surface area (Å²) in [7, 11) is 1.92. The highest BCUT2D eigenvalue weighted by Gasteiger charge is 2.29. The number of hydrogen-bond donors (Lipinski definition) is 2. The molecule has 5 heteroatoms. The van der Waals surface area contributed by atoms with Gasteiger partial charge in [-0.2, -0.15) is 5.10 Å². The summed E-state index contributed by atoms with van der Waals surface area (Å²) in [6, 6.07) is 0. The first kappa shape index (κ1) is 15.0. The summed E-state index contributed by atoms with van der Waals surface area (Å²) < 4.78 is 1.85. The van der Waals surface area contributed by atoms with Crippen LogP contribution in [0.5, 0.6) is 0 Å². The van der Waals surface area contributed by atoms with Gasteiger partial charge in [-0.1, -0.05) is 19.3 Å². The summed E-state index contributed by atoms with van der Waals surface area (Å²) in [4.78, 5) is 12.1. The van der Waals surface area contributed by atoms with Crippen LogP contribution in [0.3, 0.4) is 0 Å². The van der Waals surface area contributed by atoms with Crippen molar-refractivity contribution in [1.29, 1.82) is 0 Å². The van der Waals surface area contributed by atoms with E-state index in [0.717, 1.165) is 42.6 Å². The van der Waals surface area contributed by atoms with Crippen molar-refractivity contribution >= 4 is 5.91 Å². The molecule has 1 heterocycles. The van der Waals surface area contributed by atoms with Crippen molar-refractivity contribution in [2.24, 2.45) is 12.8 Å². The van der Waals surface area contributed by atoms with Gasteiger partial charge in [0.2, 0.25) is 5.91 Å². The molecule has 5 nitrogen and oxygen atoms in total. The maximum absolute atomic E-state index is 12.1. The molecule has 3 N–H and O–H groups in total. The predicted octanol–water partition coefficient (Wildman–Crippen LogP) is 1.70. The maximum Gasteiger partial charge on any atom is 0.222 e. The van der Waals surface area contributed by atoms with Gasteiger partial charge >= 0.3 is 0 Å². The topological polar surface area (TPSA) is 72.9 Å². The third-order valence-corrected chi connectivity index (χ3v) is 4.48. The Hall–Kier alpha value is -1.36. The van der Waals surface area contributed by atoms with Gasteiger partial charge in [-0.05, 0) is 26.7 Å². The van der Waals surface area contributed by atoms with Crippen molar-refractivity contribution in [3.05, 3.63) is 17.0 Å². The highest BCUT2D eigenvalue weighted by atomic mass is 16.1. The van der Waals surface area contributed by atoms with Crippen molar-refractivity contribution in [3.63, 3.8) is 0 Å². The van der Waals surface area contributed by atoms with Crippen LogP contribution in [0, 0.1) is 13.8 Å². The number of nitrogens with one attached hydrogen (secondary N) is 1. The molecule has 1 fully saturated rings. The van der Waals surface area contributed by atoms with Gasteiger partial charge in [0.25, 0.3) is 0 Å². The van der Waals surface area contributed by atoms with Crippen LogP contribution in [0.4, 0.5) is 0 Å². The quantitative estimate of drug-likeness (QED) is 0.880. The molecule has 2 rings (SSSR count). The Labute approximate surface area is 120 Å². The minimum absolute atomic E-state index is 0.0528. The second-order valence-corrected chi connectivity index (χ2v) is 6.15. The monoisotopic (exact) mass is 278 g/mol. The molecular weight excluding hydrogens is 252 g/mol. The molecular formula is C15H26N4O. The van der Waals surface area contributed by atoms with Crippen LogP contribution in [-0.4, -0.2) is 21.2 Å². The average Bonchev–Trinajstić information content (AvgIpc) is 2.61. The van der Waals surface area contributed by atoms with Crippen LogP contribution in [0.15, 0.2) is 0 Å². The van der Waals surface area contributed by atoms with Crippen molar-refractivity contribution < 1.29 is 4.79 Å². The molecule has 0 unspecified atom stereocenters. The van der Waals surface area contributed by atoms with Crippen LogP contribution < -0.4 is 11.1 Å². The molecule has 1 aromatic heterocycles. The largest absolute Gasteiger partial charge is 0.352 e. The summed E-state index contributed by atoms with van der Waals surface area (Å²) in [5.74, 6) is 0.0528. The molecule has 20 heavy (non-hydrogen) atoms. The molecule has 1 saturated carbocycles. The number of aryl methyl sites for hydroxylation is 2. The molecule has 1 aliphatic carbocycles. The van der Waals surface area contributed by atoms with Crippen LogP contribution in [0.25, 0.3) is 0 Å². The average molecular weight is 278 g/mol. The van der Waals surface area contributed by atoms with Gasteiger partial charge in [0, 0.05) is 36.8 Å². The summed E-state index contributed by atoms with van der Waals surface area (Å²) in [5.41, 5.74) is 9.21. The Morgan fingerprint density at radius 1 is 1.35 bits per heavy atom. The second-order valence-electron chi connectivity index (χ2n) is 6.15. The SMILES string of the molecule is Cc1nn(C)c(C)c1CNC(=O)CC1(N)CCCCC1. The third kappa shape index (κ3) is 3.39. The van der Waals surface area contributed by atoms with Crippen molar-refractivity contribution in [2.75, 3.05) is 0 Å². The minimum Gasteiger partial charge on any atom is -0.352 e. The highest BCUT2D eigenvalue weighted by Crippen LogP contribution is 2.28. The number of rotatable bonds is 4. The summed E-state index contributed by atoms with van der Waals surface area (Å²) in [6.45, 7) is 4.54. The van der Waals surface area contributed by atoms with Crippen LogP contribution in [-0.2, 0) is 18.4 Å². The van der Waals surface area contributed by atoms with Crippen LogP contribution >= 0.6 is 0 Å². The lowest BCUT2D eigenvalue weighted by molar-refractivity contribution is -0.122. The number of amides is 1. The molecule has 0 spiro atoms. The van der Waals surface area contributed by atoms with Crippen molar-refractivity contribution in [3.8, 4) is 0 Å². The lowest BCUT2D eigenvalue weighted by Crippen LogP contribution is -2.45. The summed E-state index contributed by atoms with van der Waals surface area (Å²) in [6.07, 6.45) is 5.89. The van der Waals surface area contributed by atoms with Gasteiger partial charge in [-0.25, -0.2) is 0 Å². The van der Waals surface area contributed by atoms with E-state index in [9.17, 15) is 4.79 Å². The molecule has 1 aromatic rings. The first-order valence-corrected chi connectivity index (χ1v) is 7.46. The predicted molar refractivity (Wildman–Crippen MR) is 79.1 cm³/mol. The molecule has 1 amide bonds. The third-order valence-electron chi connectivity index (χ3n) is 4.48. The lowest BCUT2D eigenvalue weighted by Gasteiger charge is -2.32. The zero-order chi connectivity index (χ0) is 14.8. The number of nitrogens with zero attached hydrogens (tertiary/aromatic N) is 2. The normalized spacial score (nSPS) is 18.0. The Bertz CT molecular complexity index is 486. The Morgan fingerprint density at radius 2 is 2.00 bits per heavy atom. The zero-order valence-corrected chi connectivity index (χ0v) is 12.8. The van der Waals surface area contributed by atoms with Gasteiger partial charge in [-0.15, -0.1) is 0 Å². The van der Waals surface area contributed by atoms with E-state index < -0.39 is 0 Å². The van der Waals surface area contributed by atoms with E-state index in [-0.39, 0.29) is 11.4 Å². The lowest BCUT2D eigenvalue weighted by atomic mass is 9.80. The van der Waals surface area contributed by atoms with E-state index in [1.165, 1.54) is 6.42 Å². The zero-order valence-electron chi connectivity index (χ0n) is 12.8. The molecule has 112 valence electrons. The van der Waals surface area contributed by atoms with E-state index in [0.29, 0.717) is 13.0 Å². The van der Waals surface area contributed by atoms with Gasteiger partial charge in [0.05, 0.1) is 5.69 Å². The highest BCUT2D eigenvalue weighted by molar-refractivity contribution is 5.77. The number of aromatic nitrogens is 2. The molecule has 0 atom stereocenters. The fourth-order valence-electron chi connectivity index (χ4n) is 3.08. The van der Waals surface area contributed by atoms with Crippen LogP contribution in [0.1, 0.15) is 55.5 Å². The van der Waals surface area contributed by atoms with E-state index in [1.807, 2.05) is 25.6 Å². The van der Waals surface area contributed by atoms with Crippen LogP contribution in [0.2, 0.25) is 0 Å². The van der Waals surface area contributed by atoms with E-state index >= 15 is 0 Å². The van der Waals surface area contributed by atoms with Crippen molar-refractivity contribution in [1.82, 2.24) is 15.1 Å². The summed E-state index contributed by atoms with van der Waals surface area (Å²) in [5, 5.41) is 7.35. The van der Waals surface area contributed by atoms with Gasteiger partial charge in [-0.3, -0.25) is 9.48 Å². The van der Waals surface area contributed by atoms with E-state index in [4.69, 9.17) is 5.73 Å². The molecule has 0 bridgehead atoms. The number of carbonyl (C=O) groups excluding carboxylic acids is 1. The molecule has 0 saturated heterocycles. The minimum atomic E-state index is -0.290. The van der Waals surface area contributed by atoms with Gasteiger partial charge < -0.3 is 11.1 Å². The number of nitrogens with two attached hydrogens (primary N) is 1. The number of carbonyl (C=O) groups is 1. The van der Waals surface area contributed by atoms with Gasteiger partial charge in [0.1, 0.15) is 0 Å². The molecule has 0 aliphatic heterocycles. The summed E-state index contributed by atoms with van der Waals surface area (Å²) >= 11 is 0. The van der Waals surface area contributed by atoms with E-state index in [1.54, 1.807) is 0 Å². The Balaban J connectivity index is 1.89. The van der Waals surface area contributed by atoms with Gasteiger partial charge in [0.15, 0.2) is 0 Å². The Morgan fingerprint density at radius 3 is 2.55 bits per heavy atom. The first-order chi connectivity index (χ1) is 9.41. The smallest absolute Gasteiger partial charge is 0.222 e. The Kier molecular flexibility index (Phi) is 4.48.